The number of anilines is 2. The SMILES string of the molecule is COc1c2c3c4c(c(NCCC(=O)O)c(O)c5c(=O)cc(OC)c(c6c(OC)cc(NCCC(=O)O)c(c1=O)c63)c54)C=C(C)C2C(C)=O. The average Bonchev–Trinajstić information content (AvgIpc) is 3.16. The molecule has 0 spiro atoms. The van der Waals surface area contributed by atoms with Crippen LogP contribution in [0.4, 0.5) is 11.4 Å². The van der Waals surface area contributed by atoms with Gasteiger partial charge in [0.1, 0.15) is 17.3 Å². The van der Waals surface area contributed by atoms with Crippen molar-refractivity contribution in [3.05, 3.63) is 49.3 Å². The number of ketones is 1. The molecule has 0 fully saturated rings. The van der Waals surface area contributed by atoms with Gasteiger partial charge in [0, 0.05) is 69.0 Å². The summed E-state index contributed by atoms with van der Waals surface area (Å²) in [4.78, 5) is 64.7. The predicted octanol–water partition coefficient (Wildman–Crippen LogP) is 4.49. The summed E-state index contributed by atoms with van der Waals surface area (Å²) in [7, 11) is 4.12. The molecule has 0 radical (unpaired) electrons. The quantitative estimate of drug-likeness (QED) is 0.0716. The number of aliphatic carboxylic acids is 2. The van der Waals surface area contributed by atoms with Crippen LogP contribution in [-0.2, 0) is 14.4 Å². The molecule has 0 saturated carbocycles. The van der Waals surface area contributed by atoms with E-state index >= 15 is 0 Å². The summed E-state index contributed by atoms with van der Waals surface area (Å²) >= 11 is 0. The van der Waals surface area contributed by atoms with E-state index < -0.39 is 34.5 Å². The van der Waals surface area contributed by atoms with Gasteiger partial charge in [-0.3, -0.25) is 24.0 Å². The molecule has 5 N–H and O–H groups in total. The molecule has 48 heavy (non-hydrogen) atoms. The van der Waals surface area contributed by atoms with Gasteiger partial charge in [0.25, 0.3) is 0 Å². The van der Waals surface area contributed by atoms with E-state index in [0.29, 0.717) is 38.1 Å². The summed E-state index contributed by atoms with van der Waals surface area (Å²) < 4.78 is 17.4. The Labute approximate surface area is 272 Å². The van der Waals surface area contributed by atoms with Gasteiger partial charge in [-0.05, 0) is 19.2 Å². The van der Waals surface area contributed by atoms with Gasteiger partial charge in [0.2, 0.25) is 5.43 Å². The molecule has 0 amide bonds. The number of allylic oxidation sites excluding steroid dienone is 1. The maximum atomic E-state index is 14.6. The van der Waals surface area contributed by atoms with Crippen molar-refractivity contribution in [2.45, 2.75) is 32.6 Å². The largest absolute Gasteiger partial charge is 0.505 e. The first-order valence-corrected chi connectivity index (χ1v) is 15.0. The van der Waals surface area contributed by atoms with E-state index in [-0.39, 0.29) is 82.1 Å². The molecule has 0 saturated heterocycles. The van der Waals surface area contributed by atoms with Crippen LogP contribution in [0.5, 0.6) is 23.0 Å². The minimum absolute atomic E-state index is 0.0334. The van der Waals surface area contributed by atoms with Crippen LogP contribution in [0.3, 0.4) is 0 Å². The van der Waals surface area contributed by atoms with Crippen molar-refractivity contribution in [3.8, 4) is 23.0 Å². The third kappa shape index (κ3) is 4.56. The van der Waals surface area contributed by atoms with E-state index in [4.69, 9.17) is 14.2 Å². The van der Waals surface area contributed by atoms with Crippen LogP contribution in [-0.4, -0.2) is 67.5 Å². The second kappa shape index (κ2) is 11.7. The highest BCUT2D eigenvalue weighted by Gasteiger charge is 2.37. The van der Waals surface area contributed by atoms with E-state index in [1.54, 1.807) is 19.1 Å². The first-order chi connectivity index (χ1) is 22.9. The Bertz CT molecular complexity index is 2360. The average molecular weight is 657 g/mol. The number of benzene rings is 5. The van der Waals surface area contributed by atoms with Gasteiger partial charge < -0.3 is 40.2 Å². The number of rotatable bonds is 12. The van der Waals surface area contributed by atoms with Crippen LogP contribution < -0.4 is 35.7 Å². The van der Waals surface area contributed by atoms with Crippen LogP contribution in [0.1, 0.15) is 43.7 Å². The number of carbonyl (C=O) groups is 3. The fourth-order valence-electron chi connectivity index (χ4n) is 7.20. The number of carboxylic acids is 2. The molecule has 248 valence electrons. The van der Waals surface area contributed by atoms with Gasteiger partial charge in [-0.2, -0.15) is 0 Å². The lowest BCUT2D eigenvalue weighted by Gasteiger charge is -2.25. The zero-order valence-electron chi connectivity index (χ0n) is 26.7. The summed E-state index contributed by atoms with van der Waals surface area (Å²) in [6.07, 6.45) is 1.13. The van der Waals surface area contributed by atoms with Gasteiger partial charge in [0.15, 0.2) is 16.9 Å². The lowest BCUT2D eigenvalue weighted by atomic mass is 9.80. The number of hydrogen-bond donors (Lipinski definition) is 5. The Hall–Kier alpha value is -5.85. The molecule has 0 aromatic heterocycles. The zero-order valence-corrected chi connectivity index (χ0v) is 26.7. The van der Waals surface area contributed by atoms with E-state index in [1.165, 1.54) is 34.3 Å². The fourth-order valence-corrected chi connectivity index (χ4v) is 7.20. The van der Waals surface area contributed by atoms with Crippen molar-refractivity contribution in [2.75, 3.05) is 45.1 Å². The van der Waals surface area contributed by atoms with E-state index in [9.17, 15) is 39.3 Å². The smallest absolute Gasteiger partial charge is 0.305 e. The van der Waals surface area contributed by atoms with Gasteiger partial charge in [-0.25, -0.2) is 0 Å². The van der Waals surface area contributed by atoms with Crippen LogP contribution in [0.25, 0.3) is 49.2 Å². The minimum atomic E-state index is -1.08. The molecule has 1 aliphatic carbocycles. The number of nitrogens with one attached hydrogen (secondary N) is 2. The van der Waals surface area contributed by atoms with E-state index in [2.05, 4.69) is 10.6 Å². The van der Waals surface area contributed by atoms with Crippen molar-refractivity contribution in [1.82, 2.24) is 0 Å². The molecular weight excluding hydrogens is 624 g/mol. The second-order valence-corrected chi connectivity index (χ2v) is 11.7. The van der Waals surface area contributed by atoms with E-state index in [1.807, 2.05) is 0 Å². The number of phenols is 1. The minimum Gasteiger partial charge on any atom is -0.505 e. The molecule has 0 aliphatic heterocycles. The predicted molar refractivity (Wildman–Crippen MR) is 181 cm³/mol. The standard InChI is InChI=1S/C35H32N2O11/c1-13-10-15-23-28-25(33(44)32(15)37-9-7-21(42)43)17(39)12-19(47-4)27(28)26-18(46-3)11-16(36-8-6-20(40)41)24-30(26)29(23)31(22(13)14(2)38)35(48-5)34(24)45/h10-12,22,36-37,44H,6-9H2,1-5H3,(H,40,41)(H,42,43). The molecule has 5 aromatic rings. The molecular formula is C35H32N2O11. The zero-order chi connectivity index (χ0) is 34.8. The Balaban J connectivity index is 2.01. The summed E-state index contributed by atoms with van der Waals surface area (Å²) in [5.41, 5.74) is 0.296. The van der Waals surface area contributed by atoms with Crippen molar-refractivity contribution in [1.29, 1.82) is 0 Å². The Morgan fingerprint density at radius 3 is 1.92 bits per heavy atom. The number of aromatic hydroxyl groups is 1. The summed E-state index contributed by atoms with van der Waals surface area (Å²) in [5.74, 6) is -3.61. The van der Waals surface area contributed by atoms with E-state index in [0.717, 1.165) is 0 Å². The number of ether oxygens (including phenoxy) is 3. The molecule has 0 bridgehead atoms. The summed E-state index contributed by atoms with van der Waals surface area (Å²) in [6.45, 7) is 2.96. The fraction of sp³-hybridized carbons (Fsp3) is 0.286. The van der Waals surface area contributed by atoms with Crippen molar-refractivity contribution >= 4 is 78.3 Å². The highest BCUT2D eigenvalue weighted by atomic mass is 16.5. The molecule has 1 atom stereocenters. The number of fused-ring (bicyclic) bond motifs is 1. The highest BCUT2D eigenvalue weighted by molar-refractivity contribution is 6.40. The number of Topliss-reactive ketones (excluding diaryl/α,β-unsaturated/α-hetero) is 1. The molecule has 13 nitrogen and oxygen atoms in total. The maximum Gasteiger partial charge on any atom is 0.305 e. The molecule has 5 aromatic carbocycles. The van der Waals surface area contributed by atoms with Crippen LogP contribution in [0, 0.1) is 0 Å². The first kappa shape index (κ1) is 32.1. The van der Waals surface area contributed by atoms with Crippen LogP contribution in [0.2, 0.25) is 0 Å². The lowest BCUT2D eigenvalue weighted by Crippen LogP contribution is -2.19. The Morgan fingerprint density at radius 1 is 0.771 bits per heavy atom. The lowest BCUT2D eigenvalue weighted by molar-refractivity contribution is -0.137. The number of hydrogen-bond acceptors (Lipinski definition) is 11. The number of methoxy groups -OCH3 is 3. The normalized spacial score (nSPS) is 14.0. The first-order valence-electron chi connectivity index (χ1n) is 15.0. The Kier molecular flexibility index (Phi) is 7.86. The van der Waals surface area contributed by atoms with Gasteiger partial charge >= 0.3 is 11.9 Å². The summed E-state index contributed by atoms with van der Waals surface area (Å²) in [5, 5.41) is 38.7. The van der Waals surface area contributed by atoms with Gasteiger partial charge in [-0.15, -0.1) is 0 Å². The number of carboxylic acid groups (broad SMARTS) is 2. The molecule has 6 rings (SSSR count). The molecule has 0 heterocycles. The third-order valence-corrected chi connectivity index (χ3v) is 8.97. The molecule has 1 aliphatic rings. The Morgan fingerprint density at radius 2 is 1.35 bits per heavy atom. The molecule has 1 unspecified atom stereocenters. The van der Waals surface area contributed by atoms with Crippen molar-refractivity contribution in [3.63, 3.8) is 0 Å². The van der Waals surface area contributed by atoms with Crippen LogP contribution in [0.15, 0.2) is 27.3 Å². The van der Waals surface area contributed by atoms with Crippen LogP contribution >= 0.6 is 0 Å². The number of carbonyl (C=O) groups excluding carboxylic acids is 1. The molecule has 13 heteroatoms. The van der Waals surface area contributed by atoms with Gasteiger partial charge in [-0.1, -0.05) is 11.6 Å². The third-order valence-electron chi connectivity index (χ3n) is 8.97. The summed E-state index contributed by atoms with van der Waals surface area (Å²) in [6, 6.07) is 2.78. The monoisotopic (exact) mass is 656 g/mol. The second-order valence-electron chi connectivity index (χ2n) is 11.7. The van der Waals surface area contributed by atoms with Crippen molar-refractivity contribution < 1.29 is 43.9 Å². The topological polar surface area (TPSA) is 198 Å². The highest BCUT2D eigenvalue weighted by Crippen LogP contribution is 2.56. The van der Waals surface area contributed by atoms with Crippen molar-refractivity contribution in [2.24, 2.45) is 0 Å². The number of phenolic OH excluding ortho intramolecular Hbond substituents is 1. The maximum absolute atomic E-state index is 14.6. The van der Waals surface area contributed by atoms with Gasteiger partial charge in [0.05, 0.1) is 56.5 Å².